The average Bonchev–Trinajstić information content (AvgIpc) is 2.37. The Kier molecular flexibility index (Phi) is 5.14. The third-order valence-corrected chi connectivity index (χ3v) is 5.98. The van der Waals surface area contributed by atoms with E-state index in [1.54, 1.807) is 6.08 Å². The number of hydrogen-bond donors (Lipinski definition) is 0. The first-order valence-electron chi connectivity index (χ1n) is 5.39. The molecule has 6 heteroatoms. The molecular weight excluding hydrogens is 246 g/mol. The van der Waals surface area contributed by atoms with Crippen LogP contribution in [0.15, 0.2) is 12.7 Å². The van der Waals surface area contributed by atoms with Crippen LogP contribution in [0.2, 0.25) is 0 Å². The first-order chi connectivity index (χ1) is 7.45. The van der Waals surface area contributed by atoms with Crippen LogP contribution in [-0.2, 0) is 20.8 Å². The van der Waals surface area contributed by atoms with Crippen molar-refractivity contribution in [3.05, 3.63) is 12.7 Å². The SMILES string of the molecule is C=CCCS(=O)(=O)N1CC[S@@](=O)C[C@H](C)C1. The van der Waals surface area contributed by atoms with Crippen molar-refractivity contribution in [2.45, 2.75) is 13.3 Å². The monoisotopic (exact) mass is 265 g/mol. The summed E-state index contributed by atoms with van der Waals surface area (Å²) in [4.78, 5) is 0. The van der Waals surface area contributed by atoms with E-state index in [4.69, 9.17) is 0 Å². The summed E-state index contributed by atoms with van der Waals surface area (Å²) in [6.45, 7) is 6.34. The minimum atomic E-state index is -3.20. The van der Waals surface area contributed by atoms with Gasteiger partial charge in [-0.3, -0.25) is 4.21 Å². The van der Waals surface area contributed by atoms with Crippen LogP contribution >= 0.6 is 0 Å². The standard InChI is InChI=1S/C10H19NO3S2/c1-3-4-7-16(13,14)11-5-6-15(12)9-10(2)8-11/h3,10H,1,4-9H2,2H3/t10-,15-/m1/s1. The average molecular weight is 265 g/mol. The topological polar surface area (TPSA) is 54.5 Å². The van der Waals surface area contributed by atoms with Crippen molar-refractivity contribution in [1.29, 1.82) is 0 Å². The van der Waals surface area contributed by atoms with Gasteiger partial charge < -0.3 is 0 Å². The molecule has 16 heavy (non-hydrogen) atoms. The van der Waals surface area contributed by atoms with Crippen LogP contribution in [0.4, 0.5) is 0 Å². The van der Waals surface area contributed by atoms with Crippen LogP contribution in [0, 0.1) is 5.92 Å². The lowest BCUT2D eigenvalue weighted by molar-refractivity contribution is 0.392. The van der Waals surface area contributed by atoms with E-state index in [-0.39, 0.29) is 11.7 Å². The van der Waals surface area contributed by atoms with Crippen molar-refractivity contribution < 1.29 is 12.6 Å². The molecule has 0 aromatic rings. The summed E-state index contributed by atoms with van der Waals surface area (Å²) in [5, 5.41) is 0. The first-order valence-corrected chi connectivity index (χ1v) is 8.49. The predicted molar refractivity (Wildman–Crippen MR) is 67.2 cm³/mol. The predicted octanol–water partition coefficient (Wildman–Crippen LogP) is 0.593. The molecule has 0 bridgehead atoms. The molecule has 2 atom stereocenters. The third kappa shape index (κ3) is 3.99. The van der Waals surface area contributed by atoms with Gasteiger partial charge in [0.2, 0.25) is 10.0 Å². The summed E-state index contributed by atoms with van der Waals surface area (Å²) in [6, 6.07) is 0. The zero-order valence-electron chi connectivity index (χ0n) is 9.59. The number of allylic oxidation sites excluding steroid dienone is 1. The normalized spacial score (nSPS) is 28.6. The highest BCUT2D eigenvalue weighted by atomic mass is 32.2. The Morgan fingerprint density at radius 3 is 2.88 bits per heavy atom. The van der Waals surface area contributed by atoms with E-state index in [1.807, 2.05) is 6.92 Å². The zero-order chi connectivity index (χ0) is 12.2. The Morgan fingerprint density at radius 2 is 2.25 bits per heavy atom. The van der Waals surface area contributed by atoms with E-state index in [1.165, 1.54) is 4.31 Å². The number of nitrogens with zero attached hydrogens (tertiary/aromatic N) is 1. The minimum absolute atomic E-state index is 0.107. The van der Waals surface area contributed by atoms with E-state index in [9.17, 15) is 12.6 Å². The third-order valence-electron chi connectivity index (χ3n) is 2.53. The van der Waals surface area contributed by atoms with Gasteiger partial charge in [-0.1, -0.05) is 13.0 Å². The van der Waals surface area contributed by atoms with Crippen LogP contribution in [0.25, 0.3) is 0 Å². The summed E-state index contributed by atoms with van der Waals surface area (Å²) in [5.74, 6) is 1.34. The van der Waals surface area contributed by atoms with Gasteiger partial charge in [0.1, 0.15) is 0 Å². The van der Waals surface area contributed by atoms with Crippen LogP contribution in [0.5, 0.6) is 0 Å². The maximum absolute atomic E-state index is 11.9. The fourth-order valence-electron chi connectivity index (χ4n) is 1.71. The summed E-state index contributed by atoms with van der Waals surface area (Å²) < 4.78 is 36.8. The molecule has 1 aliphatic heterocycles. The lowest BCUT2D eigenvalue weighted by atomic mass is 10.2. The van der Waals surface area contributed by atoms with Crippen molar-refractivity contribution in [1.82, 2.24) is 4.31 Å². The van der Waals surface area contributed by atoms with Gasteiger partial charge in [0.05, 0.1) is 5.75 Å². The van der Waals surface area contributed by atoms with Crippen LogP contribution in [0.1, 0.15) is 13.3 Å². The second-order valence-electron chi connectivity index (χ2n) is 4.17. The molecule has 0 aromatic heterocycles. The second kappa shape index (κ2) is 5.93. The Hall–Kier alpha value is -0.200. The Labute approximate surface area is 100 Å². The maximum Gasteiger partial charge on any atom is 0.214 e. The fraction of sp³-hybridized carbons (Fsp3) is 0.800. The molecule has 0 amide bonds. The fourth-order valence-corrected chi connectivity index (χ4v) is 4.73. The molecule has 1 heterocycles. The summed E-state index contributed by atoms with van der Waals surface area (Å²) in [5.41, 5.74) is 0. The van der Waals surface area contributed by atoms with Crippen molar-refractivity contribution in [2.75, 3.05) is 30.3 Å². The van der Waals surface area contributed by atoms with Gasteiger partial charge in [0, 0.05) is 35.4 Å². The smallest absolute Gasteiger partial charge is 0.214 e. The van der Waals surface area contributed by atoms with E-state index in [2.05, 4.69) is 6.58 Å². The van der Waals surface area contributed by atoms with Crippen molar-refractivity contribution in [2.24, 2.45) is 5.92 Å². The molecule has 1 rings (SSSR count). The van der Waals surface area contributed by atoms with Crippen LogP contribution in [0.3, 0.4) is 0 Å². The lowest BCUT2D eigenvalue weighted by Gasteiger charge is -2.21. The number of hydrogen-bond acceptors (Lipinski definition) is 3. The Bertz CT molecular complexity index is 364. The van der Waals surface area contributed by atoms with E-state index >= 15 is 0 Å². The van der Waals surface area contributed by atoms with Gasteiger partial charge in [-0.2, -0.15) is 0 Å². The van der Waals surface area contributed by atoms with Crippen molar-refractivity contribution in [3.8, 4) is 0 Å². The first kappa shape index (κ1) is 13.9. The molecule has 4 nitrogen and oxygen atoms in total. The molecule has 1 saturated heterocycles. The quantitative estimate of drug-likeness (QED) is 0.699. The molecule has 0 aliphatic carbocycles. The molecular formula is C10H19NO3S2. The van der Waals surface area contributed by atoms with Gasteiger partial charge >= 0.3 is 0 Å². The lowest BCUT2D eigenvalue weighted by Crippen LogP contribution is -2.36. The van der Waals surface area contributed by atoms with Gasteiger partial charge in [-0.15, -0.1) is 6.58 Å². The summed E-state index contributed by atoms with van der Waals surface area (Å²) in [7, 11) is -4.07. The Morgan fingerprint density at radius 1 is 1.56 bits per heavy atom. The molecule has 0 saturated carbocycles. The van der Waals surface area contributed by atoms with Gasteiger partial charge in [-0.25, -0.2) is 12.7 Å². The molecule has 0 N–H and O–H groups in total. The molecule has 1 fully saturated rings. The Balaban J connectivity index is 2.71. The highest BCUT2D eigenvalue weighted by Crippen LogP contribution is 2.13. The molecule has 94 valence electrons. The van der Waals surface area contributed by atoms with Gasteiger partial charge in [-0.05, 0) is 12.3 Å². The molecule has 0 spiro atoms. The van der Waals surface area contributed by atoms with E-state index < -0.39 is 20.8 Å². The zero-order valence-corrected chi connectivity index (χ0v) is 11.2. The van der Waals surface area contributed by atoms with Crippen LogP contribution in [-0.4, -0.2) is 47.3 Å². The molecule has 0 unspecified atom stereocenters. The van der Waals surface area contributed by atoms with Gasteiger partial charge in [0.15, 0.2) is 0 Å². The molecule has 0 radical (unpaired) electrons. The summed E-state index contributed by atoms with van der Waals surface area (Å²) in [6.07, 6.45) is 2.08. The van der Waals surface area contributed by atoms with Crippen molar-refractivity contribution >= 4 is 20.8 Å². The number of rotatable bonds is 4. The number of sulfonamides is 1. The molecule has 1 aliphatic rings. The molecule has 0 aromatic carbocycles. The van der Waals surface area contributed by atoms with Crippen LogP contribution < -0.4 is 0 Å². The minimum Gasteiger partial charge on any atom is -0.260 e. The highest BCUT2D eigenvalue weighted by Gasteiger charge is 2.27. The van der Waals surface area contributed by atoms with E-state index in [0.717, 1.165) is 0 Å². The second-order valence-corrected chi connectivity index (χ2v) is 7.88. The van der Waals surface area contributed by atoms with E-state index in [0.29, 0.717) is 31.0 Å². The highest BCUT2D eigenvalue weighted by molar-refractivity contribution is 7.89. The largest absolute Gasteiger partial charge is 0.260 e. The maximum atomic E-state index is 11.9. The van der Waals surface area contributed by atoms with Crippen molar-refractivity contribution in [3.63, 3.8) is 0 Å². The summed E-state index contributed by atoms with van der Waals surface area (Å²) >= 11 is 0. The van der Waals surface area contributed by atoms with Gasteiger partial charge in [0.25, 0.3) is 0 Å².